The predicted octanol–water partition coefficient (Wildman–Crippen LogP) is -1.05. The summed E-state index contributed by atoms with van der Waals surface area (Å²) in [5, 5.41) is 13.8. The molecule has 9 heteroatoms. The largest absolute Gasteiger partial charge is 0.480 e. The Morgan fingerprint density at radius 1 is 1.04 bits per heavy atom. The molecule has 0 aliphatic heterocycles. The van der Waals surface area contributed by atoms with Gasteiger partial charge in [0.05, 0.1) is 12.5 Å². The fourth-order valence-electron chi connectivity index (χ4n) is 1.96. The molecule has 0 bridgehead atoms. The third kappa shape index (κ3) is 6.95. The Bertz CT molecular complexity index is 480. The Hall–Kier alpha value is -2.16. The van der Waals surface area contributed by atoms with Gasteiger partial charge < -0.3 is 27.2 Å². The number of carbonyl (C=O) groups excluding carboxylic acids is 3. The molecule has 7 N–H and O–H groups in total. The molecule has 0 unspecified atom stereocenters. The SMILES string of the molecule is CC[C@H](C)[C@H](N)C(=O)N[C@@H](CC(N)=O)C(=O)N[C@H](C(=O)O)C(C)C. The van der Waals surface area contributed by atoms with E-state index in [1.807, 2.05) is 6.92 Å². The van der Waals surface area contributed by atoms with Crippen LogP contribution in [0.3, 0.4) is 0 Å². The van der Waals surface area contributed by atoms with Gasteiger partial charge in [-0.1, -0.05) is 34.1 Å². The second-order valence-electron chi connectivity index (χ2n) is 6.21. The number of aliphatic carboxylic acids is 1. The van der Waals surface area contributed by atoms with Crippen LogP contribution in [0.2, 0.25) is 0 Å². The van der Waals surface area contributed by atoms with E-state index in [1.54, 1.807) is 20.8 Å². The summed E-state index contributed by atoms with van der Waals surface area (Å²) in [5.74, 6) is -3.90. The van der Waals surface area contributed by atoms with Crippen LogP contribution in [0.25, 0.3) is 0 Å². The van der Waals surface area contributed by atoms with Crippen LogP contribution in [0, 0.1) is 11.8 Å². The zero-order valence-electron chi connectivity index (χ0n) is 14.5. The van der Waals surface area contributed by atoms with Crippen LogP contribution in [-0.2, 0) is 19.2 Å². The molecule has 0 saturated heterocycles. The van der Waals surface area contributed by atoms with Crippen LogP contribution in [0.1, 0.15) is 40.5 Å². The zero-order valence-corrected chi connectivity index (χ0v) is 14.5. The van der Waals surface area contributed by atoms with E-state index in [0.29, 0.717) is 6.42 Å². The summed E-state index contributed by atoms with van der Waals surface area (Å²) >= 11 is 0. The van der Waals surface area contributed by atoms with Gasteiger partial charge in [-0.3, -0.25) is 14.4 Å². The first-order valence-electron chi connectivity index (χ1n) is 7.88. The normalized spacial score (nSPS) is 15.9. The third-order valence-corrected chi connectivity index (χ3v) is 3.83. The van der Waals surface area contributed by atoms with E-state index in [0.717, 1.165) is 0 Å². The molecule has 0 fully saturated rings. The van der Waals surface area contributed by atoms with E-state index in [1.165, 1.54) is 0 Å². The predicted molar refractivity (Wildman–Crippen MR) is 87.6 cm³/mol. The fourth-order valence-corrected chi connectivity index (χ4v) is 1.96. The Labute approximate surface area is 141 Å². The van der Waals surface area contributed by atoms with Crippen molar-refractivity contribution in [1.29, 1.82) is 0 Å². The lowest BCUT2D eigenvalue weighted by molar-refractivity contribution is -0.143. The zero-order chi connectivity index (χ0) is 19.0. The number of primary amides is 1. The summed E-state index contributed by atoms with van der Waals surface area (Å²) in [6.45, 7) is 6.90. The molecule has 0 aromatic carbocycles. The van der Waals surface area contributed by atoms with Gasteiger partial charge >= 0.3 is 5.97 Å². The van der Waals surface area contributed by atoms with Crippen LogP contribution < -0.4 is 22.1 Å². The smallest absolute Gasteiger partial charge is 0.326 e. The summed E-state index contributed by atoms with van der Waals surface area (Å²) in [7, 11) is 0. The van der Waals surface area contributed by atoms with Crippen molar-refractivity contribution in [3.05, 3.63) is 0 Å². The van der Waals surface area contributed by atoms with Crippen LogP contribution >= 0.6 is 0 Å². The van der Waals surface area contributed by atoms with Crippen molar-refractivity contribution in [2.75, 3.05) is 0 Å². The molecule has 0 aliphatic rings. The monoisotopic (exact) mass is 344 g/mol. The number of carboxylic acid groups (broad SMARTS) is 1. The van der Waals surface area contributed by atoms with Crippen molar-refractivity contribution in [3.8, 4) is 0 Å². The molecule has 0 heterocycles. The number of carboxylic acids is 1. The summed E-state index contributed by atoms with van der Waals surface area (Å²) in [6.07, 6.45) is 0.213. The lowest BCUT2D eigenvalue weighted by atomic mass is 9.98. The standard InChI is InChI=1S/C15H28N4O5/c1-5-8(4)11(17)14(22)18-9(6-10(16)20)13(21)19-12(7(2)3)15(23)24/h7-9,11-12H,5-6,17H2,1-4H3,(H2,16,20)(H,18,22)(H,19,21)(H,23,24)/t8-,9-,11-,12-/m0/s1. The van der Waals surface area contributed by atoms with Gasteiger partial charge in [-0.15, -0.1) is 0 Å². The number of nitrogens with two attached hydrogens (primary N) is 2. The van der Waals surface area contributed by atoms with Crippen molar-refractivity contribution < 1.29 is 24.3 Å². The molecule has 0 aromatic heterocycles. The first-order valence-corrected chi connectivity index (χ1v) is 7.88. The van der Waals surface area contributed by atoms with Crippen LogP contribution in [-0.4, -0.2) is 46.9 Å². The Balaban J connectivity index is 5.12. The fraction of sp³-hybridized carbons (Fsp3) is 0.733. The average molecular weight is 344 g/mol. The molecule has 4 atom stereocenters. The highest BCUT2D eigenvalue weighted by Crippen LogP contribution is 2.07. The molecule has 0 rings (SSSR count). The Kier molecular flexibility index (Phi) is 8.97. The highest BCUT2D eigenvalue weighted by molar-refractivity contribution is 5.94. The molecular weight excluding hydrogens is 316 g/mol. The first kappa shape index (κ1) is 21.8. The van der Waals surface area contributed by atoms with Gasteiger partial charge in [-0.05, 0) is 11.8 Å². The molecule has 0 saturated carbocycles. The van der Waals surface area contributed by atoms with E-state index in [9.17, 15) is 19.2 Å². The van der Waals surface area contributed by atoms with Gasteiger partial charge in [0, 0.05) is 0 Å². The molecule has 0 spiro atoms. The summed E-state index contributed by atoms with van der Waals surface area (Å²) in [6, 6.07) is -3.27. The molecule has 138 valence electrons. The summed E-state index contributed by atoms with van der Waals surface area (Å²) in [5.41, 5.74) is 10.9. The highest BCUT2D eigenvalue weighted by Gasteiger charge is 2.31. The summed E-state index contributed by atoms with van der Waals surface area (Å²) < 4.78 is 0. The Morgan fingerprint density at radius 2 is 1.58 bits per heavy atom. The average Bonchev–Trinajstić information content (AvgIpc) is 2.48. The lowest BCUT2D eigenvalue weighted by Gasteiger charge is -2.24. The minimum Gasteiger partial charge on any atom is -0.480 e. The number of rotatable bonds is 10. The highest BCUT2D eigenvalue weighted by atomic mass is 16.4. The number of nitrogens with one attached hydrogen (secondary N) is 2. The Morgan fingerprint density at radius 3 is 1.96 bits per heavy atom. The second kappa shape index (κ2) is 9.86. The number of amides is 3. The second-order valence-corrected chi connectivity index (χ2v) is 6.21. The van der Waals surface area contributed by atoms with Crippen molar-refractivity contribution in [3.63, 3.8) is 0 Å². The maximum Gasteiger partial charge on any atom is 0.326 e. The van der Waals surface area contributed by atoms with E-state index >= 15 is 0 Å². The van der Waals surface area contributed by atoms with E-state index in [-0.39, 0.29) is 11.8 Å². The topological polar surface area (TPSA) is 165 Å². The molecule has 0 radical (unpaired) electrons. The van der Waals surface area contributed by atoms with Crippen LogP contribution in [0.5, 0.6) is 0 Å². The molecule has 0 aromatic rings. The van der Waals surface area contributed by atoms with Crippen molar-refractivity contribution >= 4 is 23.7 Å². The molecular formula is C15H28N4O5. The van der Waals surface area contributed by atoms with Gasteiger partial charge in [-0.2, -0.15) is 0 Å². The number of carbonyl (C=O) groups is 4. The lowest BCUT2D eigenvalue weighted by Crippen LogP contribution is -2.57. The van der Waals surface area contributed by atoms with E-state index in [4.69, 9.17) is 16.6 Å². The van der Waals surface area contributed by atoms with Gasteiger partial charge in [0.15, 0.2) is 0 Å². The van der Waals surface area contributed by atoms with E-state index in [2.05, 4.69) is 10.6 Å². The van der Waals surface area contributed by atoms with Gasteiger partial charge in [0.2, 0.25) is 17.7 Å². The van der Waals surface area contributed by atoms with Crippen LogP contribution in [0.15, 0.2) is 0 Å². The van der Waals surface area contributed by atoms with Crippen molar-refractivity contribution in [2.24, 2.45) is 23.3 Å². The minimum absolute atomic E-state index is 0.121. The maximum atomic E-state index is 12.3. The van der Waals surface area contributed by atoms with Crippen molar-refractivity contribution in [1.82, 2.24) is 10.6 Å². The molecule has 24 heavy (non-hydrogen) atoms. The third-order valence-electron chi connectivity index (χ3n) is 3.83. The van der Waals surface area contributed by atoms with E-state index < -0.39 is 48.2 Å². The minimum atomic E-state index is -1.27. The summed E-state index contributed by atoms with van der Waals surface area (Å²) in [4.78, 5) is 46.7. The number of hydrogen-bond donors (Lipinski definition) is 5. The molecule has 3 amide bonds. The van der Waals surface area contributed by atoms with Crippen molar-refractivity contribution in [2.45, 2.75) is 58.7 Å². The maximum absolute atomic E-state index is 12.3. The quantitative estimate of drug-likeness (QED) is 0.339. The van der Waals surface area contributed by atoms with Gasteiger partial charge in [0.1, 0.15) is 12.1 Å². The molecule has 9 nitrogen and oxygen atoms in total. The molecule has 0 aliphatic carbocycles. The van der Waals surface area contributed by atoms with Gasteiger partial charge in [-0.25, -0.2) is 4.79 Å². The van der Waals surface area contributed by atoms with Gasteiger partial charge in [0.25, 0.3) is 0 Å². The van der Waals surface area contributed by atoms with Crippen LogP contribution in [0.4, 0.5) is 0 Å². The first-order chi connectivity index (χ1) is 11.0. The number of hydrogen-bond acceptors (Lipinski definition) is 5.